The number of nitrogens with zero attached hydrogens (tertiary/aromatic N) is 4. The Kier molecular flexibility index (Phi) is 5.70. The average molecular weight is 419 g/mol. The lowest BCUT2D eigenvalue weighted by molar-refractivity contribution is -0.131. The molecule has 2 amide bonds. The van der Waals surface area contributed by atoms with Gasteiger partial charge in [-0.05, 0) is 48.9 Å². The lowest BCUT2D eigenvalue weighted by Gasteiger charge is -2.35. The van der Waals surface area contributed by atoms with Gasteiger partial charge in [0.1, 0.15) is 29.4 Å². The lowest BCUT2D eigenvalue weighted by Crippen LogP contribution is -2.50. The molecule has 0 radical (unpaired) electrons. The summed E-state index contributed by atoms with van der Waals surface area (Å²) in [6, 6.07) is 9.01. The quantitative estimate of drug-likeness (QED) is 0.742. The predicted molar refractivity (Wildman–Crippen MR) is 117 cm³/mol. The maximum atomic E-state index is 12.5. The summed E-state index contributed by atoms with van der Waals surface area (Å²) in [5.74, 6) is 1.20. The van der Waals surface area contributed by atoms with Crippen molar-refractivity contribution in [1.82, 2.24) is 19.8 Å². The van der Waals surface area contributed by atoms with Gasteiger partial charge in [0.15, 0.2) is 0 Å². The van der Waals surface area contributed by atoms with E-state index in [-0.39, 0.29) is 18.4 Å². The van der Waals surface area contributed by atoms with Crippen molar-refractivity contribution in [3.05, 3.63) is 72.3 Å². The second-order valence-corrected chi connectivity index (χ2v) is 7.78. The predicted octanol–water partition coefficient (Wildman–Crippen LogP) is 2.48. The van der Waals surface area contributed by atoms with Crippen molar-refractivity contribution in [2.45, 2.75) is 18.4 Å². The molecule has 0 bridgehead atoms. The highest BCUT2D eigenvalue weighted by Crippen LogP contribution is 2.32. The molecule has 4 rings (SSSR count). The Balaban J connectivity index is 1.52. The summed E-state index contributed by atoms with van der Waals surface area (Å²) in [7, 11) is 3.36. The fourth-order valence-electron chi connectivity index (χ4n) is 3.71. The highest BCUT2D eigenvalue weighted by molar-refractivity contribution is 5.91. The van der Waals surface area contributed by atoms with Crippen LogP contribution in [-0.4, -0.2) is 64.4 Å². The van der Waals surface area contributed by atoms with Gasteiger partial charge in [-0.1, -0.05) is 6.07 Å². The summed E-state index contributed by atoms with van der Waals surface area (Å²) in [5.41, 5.74) is 0.513. The van der Waals surface area contributed by atoms with E-state index in [0.29, 0.717) is 24.4 Å². The van der Waals surface area contributed by atoms with Gasteiger partial charge >= 0.3 is 0 Å². The Labute approximate surface area is 181 Å². The number of hydrogen-bond donors (Lipinski definition) is 1. The lowest BCUT2D eigenvalue weighted by atomic mass is 10.0. The van der Waals surface area contributed by atoms with Gasteiger partial charge in [0.25, 0.3) is 5.91 Å². The third kappa shape index (κ3) is 4.42. The topological polar surface area (TPSA) is 87.7 Å². The van der Waals surface area contributed by atoms with Gasteiger partial charge in [-0.25, -0.2) is 9.97 Å². The third-order valence-corrected chi connectivity index (χ3v) is 5.30. The first-order chi connectivity index (χ1) is 15.0. The summed E-state index contributed by atoms with van der Waals surface area (Å²) in [5, 5.41) is 3.28. The Morgan fingerprint density at radius 2 is 2.13 bits per heavy atom. The zero-order valence-corrected chi connectivity index (χ0v) is 17.6. The molecule has 0 spiro atoms. The number of nitrogens with one attached hydrogen (secondary N) is 1. The third-order valence-electron chi connectivity index (χ3n) is 5.30. The molecule has 1 aliphatic carbocycles. The van der Waals surface area contributed by atoms with Gasteiger partial charge in [-0.2, -0.15) is 0 Å². The van der Waals surface area contributed by atoms with Gasteiger partial charge in [-0.3, -0.25) is 9.59 Å². The van der Waals surface area contributed by atoms with Crippen LogP contribution >= 0.6 is 0 Å². The minimum absolute atomic E-state index is 0.105. The Morgan fingerprint density at radius 3 is 2.77 bits per heavy atom. The maximum absolute atomic E-state index is 12.5. The number of amides is 2. The number of allylic oxidation sites excluding steroid dienone is 1. The smallest absolute Gasteiger partial charge is 0.271 e. The molecule has 2 aromatic rings. The molecule has 0 saturated carbocycles. The molecule has 1 fully saturated rings. The zero-order chi connectivity index (χ0) is 21.8. The molecule has 2 aliphatic rings. The molecular formula is C23H25N5O3. The molecule has 2 aromatic heterocycles. The molecular weight excluding hydrogens is 394 g/mol. The number of likely N-dealkylation sites (tertiary alicyclic amines) is 1. The number of hydrogen-bond acceptors (Lipinski definition) is 6. The Morgan fingerprint density at radius 1 is 1.26 bits per heavy atom. The second kappa shape index (κ2) is 8.59. The van der Waals surface area contributed by atoms with Crippen LogP contribution in [0.5, 0.6) is 5.75 Å². The number of pyridine rings is 2. The minimum atomic E-state index is -0.692. The molecule has 31 heavy (non-hydrogen) atoms. The number of rotatable bonds is 7. The van der Waals surface area contributed by atoms with Crippen molar-refractivity contribution in [1.29, 1.82) is 0 Å². The SMILES string of the molecule is CN(C)C(=O)c1ccc(OCC2(N3CCCC3=O)C=CC(Nc3ccccn3)=C2)cn1. The number of aromatic nitrogens is 2. The van der Waals surface area contributed by atoms with Crippen LogP contribution in [0.25, 0.3) is 0 Å². The van der Waals surface area contributed by atoms with E-state index >= 15 is 0 Å². The van der Waals surface area contributed by atoms with Crippen molar-refractivity contribution >= 4 is 17.6 Å². The molecule has 8 nitrogen and oxygen atoms in total. The van der Waals surface area contributed by atoms with Gasteiger partial charge in [0.2, 0.25) is 5.91 Å². The normalized spacial score (nSPS) is 20.0. The van der Waals surface area contributed by atoms with Crippen LogP contribution in [0, 0.1) is 0 Å². The average Bonchev–Trinajstić information content (AvgIpc) is 3.40. The van der Waals surface area contributed by atoms with Crippen LogP contribution in [0.15, 0.2) is 66.7 Å². The highest BCUT2D eigenvalue weighted by atomic mass is 16.5. The van der Waals surface area contributed by atoms with E-state index in [4.69, 9.17) is 4.74 Å². The van der Waals surface area contributed by atoms with Gasteiger partial charge in [-0.15, -0.1) is 0 Å². The number of anilines is 1. The number of ether oxygens (including phenoxy) is 1. The van der Waals surface area contributed by atoms with Crippen LogP contribution in [-0.2, 0) is 4.79 Å². The van der Waals surface area contributed by atoms with Crippen LogP contribution < -0.4 is 10.1 Å². The van der Waals surface area contributed by atoms with Crippen molar-refractivity contribution in [3.63, 3.8) is 0 Å². The van der Waals surface area contributed by atoms with E-state index in [0.717, 1.165) is 17.9 Å². The summed E-state index contributed by atoms with van der Waals surface area (Å²) in [4.78, 5) is 36.4. The molecule has 8 heteroatoms. The number of carbonyl (C=O) groups is 2. The van der Waals surface area contributed by atoms with Gasteiger partial charge < -0.3 is 19.9 Å². The van der Waals surface area contributed by atoms with Crippen molar-refractivity contribution in [2.75, 3.05) is 32.6 Å². The van der Waals surface area contributed by atoms with Crippen LogP contribution in [0.3, 0.4) is 0 Å². The Hall–Kier alpha value is -3.68. The molecule has 1 atom stereocenters. The summed E-state index contributed by atoms with van der Waals surface area (Å²) in [6.45, 7) is 0.916. The minimum Gasteiger partial charge on any atom is -0.489 e. The summed E-state index contributed by atoms with van der Waals surface area (Å²) >= 11 is 0. The largest absolute Gasteiger partial charge is 0.489 e. The van der Waals surface area contributed by atoms with E-state index in [1.807, 2.05) is 41.3 Å². The molecule has 1 N–H and O–H groups in total. The van der Waals surface area contributed by atoms with Crippen molar-refractivity contribution in [3.8, 4) is 5.75 Å². The molecule has 3 heterocycles. The monoisotopic (exact) mass is 419 g/mol. The van der Waals surface area contributed by atoms with E-state index in [9.17, 15) is 9.59 Å². The molecule has 0 aromatic carbocycles. The Bertz CT molecular complexity index is 1020. The van der Waals surface area contributed by atoms with Crippen molar-refractivity contribution < 1.29 is 14.3 Å². The second-order valence-electron chi connectivity index (χ2n) is 7.78. The van der Waals surface area contributed by atoms with E-state index in [1.165, 1.54) is 11.1 Å². The number of carbonyl (C=O) groups excluding carboxylic acids is 2. The summed E-state index contributed by atoms with van der Waals surface area (Å²) < 4.78 is 6.03. The van der Waals surface area contributed by atoms with E-state index in [2.05, 4.69) is 15.3 Å². The molecule has 160 valence electrons. The van der Waals surface area contributed by atoms with Crippen molar-refractivity contribution in [2.24, 2.45) is 0 Å². The molecule has 1 unspecified atom stereocenters. The molecule has 1 aliphatic heterocycles. The van der Waals surface area contributed by atoms with Crippen LogP contribution in [0.4, 0.5) is 5.82 Å². The van der Waals surface area contributed by atoms with E-state index in [1.54, 1.807) is 32.4 Å². The highest BCUT2D eigenvalue weighted by Gasteiger charge is 2.41. The maximum Gasteiger partial charge on any atom is 0.271 e. The van der Waals surface area contributed by atoms with Crippen LogP contribution in [0.2, 0.25) is 0 Å². The van der Waals surface area contributed by atoms with E-state index < -0.39 is 5.54 Å². The fraction of sp³-hybridized carbons (Fsp3) is 0.304. The van der Waals surface area contributed by atoms with Crippen LogP contribution in [0.1, 0.15) is 23.3 Å². The molecule has 1 saturated heterocycles. The van der Waals surface area contributed by atoms with Gasteiger partial charge in [0, 0.05) is 39.0 Å². The van der Waals surface area contributed by atoms with Gasteiger partial charge in [0.05, 0.1) is 6.20 Å². The fourth-order valence-corrected chi connectivity index (χ4v) is 3.71. The zero-order valence-electron chi connectivity index (χ0n) is 17.6. The first kappa shape index (κ1) is 20.6. The standard InChI is InChI=1S/C23H25N5O3/c1-27(2)22(30)19-9-8-18(15-25-19)31-16-23(28-13-5-7-21(28)29)11-10-17(14-23)26-20-6-3-4-12-24-20/h3-4,6,8-12,14-15H,5,7,13,16H2,1-2H3,(H,24,26). The first-order valence-electron chi connectivity index (χ1n) is 10.2. The summed E-state index contributed by atoms with van der Waals surface area (Å²) in [6.07, 6.45) is 10.6. The first-order valence-corrected chi connectivity index (χ1v) is 10.2.